The van der Waals surface area contributed by atoms with Gasteiger partial charge in [-0.25, -0.2) is 4.98 Å². The lowest BCUT2D eigenvalue weighted by Gasteiger charge is -2.26. The number of hydrogen-bond acceptors (Lipinski definition) is 5. The van der Waals surface area contributed by atoms with Crippen molar-refractivity contribution in [1.82, 2.24) is 19.4 Å². The Bertz CT molecular complexity index is 421. The van der Waals surface area contributed by atoms with Gasteiger partial charge < -0.3 is 19.3 Å². The molecule has 1 saturated heterocycles. The molecule has 1 N–H and O–H groups in total. The fraction of sp³-hybridized carbons (Fsp3) is 0.786. The minimum absolute atomic E-state index is 0.582. The van der Waals surface area contributed by atoms with Crippen molar-refractivity contribution in [3.63, 3.8) is 0 Å². The molecule has 0 spiro atoms. The van der Waals surface area contributed by atoms with Crippen molar-refractivity contribution >= 4 is 0 Å². The fourth-order valence-corrected chi connectivity index (χ4v) is 2.89. The molecule has 6 heteroatoms. The Balaban J connectivity index is 1.90. The third kappa shape index (κ3) is 4.02. The molecule has 0 aliphatic carbocycles. The summed E-state index contributed by atoms with van der Waals surface area (Å²) >= 11 is 0. The van der Waals surface area contributed by atoms with E-state index in [1.807, 2.05) is 31.5 Å². The molecule has 6 nitrogen and oxygen atoms in total. The first-order valence-electron chi connectivity index (χ1n) is 7.10. The van der Waals surface area contributed by atoms with Gasteiger partial charge in [0.15, 0.2) is 0 Å². The number of aromatic nitrogens is 2. The van der Waals surface area contributed by atoms with Gasteiger partial charge in [0.25, 0.3) is 0 Å². The highest BCUT2D eigenvalue weighted by Gasteiger charge is 2.36. The highest BCUT2D eigenvalue weighted by Crippen LogP contribution is 2.23. The van der Waals surface area contributed by atoms with Crippen molar-refractivity contribution in [2.75, 3.05) is 47.4 Å². The predicted molar refractivity (Wildman–Crippen MR) is 77.5 cm³/mol. The van der Waals surface area contributed by atoms with E-state index in [0.717, 1.165) is 32.6 Å². The summed E-state index contributed by atoms with van der Waals surface area (Å²) in [6.07, 6.45) is 4.58. The Labute approximate surface area is 121 Å². The maximum Gasteiger partial charge on any atom is 0.0949 e. The van der Waals surface area contributed by atoms with Crippen molar-refractivity contribution in [3.05, 3.63) is 18.2 Å². The monoisotopic (exact) mass is 282 g/mol. The molecule has 1 aromatic rings. The number of nitrogens with zero attached hydrogens (tertiary/aromatic N) is 4. The summed E-state index contributed by atoms with van der Waals surface area (Å²) in [5.74, 6) is 0. The van der Waals surface area contributed by atoms with Crippen LogP contribution in [-0.2, 0) is 17.8 Å². The number of imidazole rings is 1. The van der Waals surface area contributed by atoms with Gasteiger partial charge in [0.05, 0.1) is 24.2 Å². The van der Waals surface area contributed by atoms with E-state index in [0.29, 0.717) is 13.2 Å². The summed E-state index contributed by atoms with van der Waals surface area (Å²) in [5.41, 5.74) is 0.595. The van der Waals surface area contributed by atoms with Crippen LogP contribution in [0, 0.1) is 0 Å². The SMILES string of the molecule is COCCn1cncc1CN1CCC(O)(CN(C)C)C1. The van der Waals surface area contributed by atoms with Crippen molar-refractivity contribution in [3.8, 4) is 0 Å². The summed E-state index contributed by atoms with van der Waals surface area (Å²) in [4.78, 5) is 8.56. The van der Waals surface area contributed by atoms with E-state index in [2.05, 4.69) is 14.5 Å². The normalized spacial score (nSPS) is 23.9. The number of ether oxygens (including phenoxy) is 1. The second-order valence-electron chi connectivity index (χ2n) is 5.99. The third-order valence-electron chi connectivity index (χ3n) is 3.74. The van der Waals surface area contributed by atoms with Crippen molar-refractivity contribution in [2.24, 2.45) is 0 Å². The molecule has 114 valence electrons. The number of likely N-dealkylation sites (N-methyl/N-ethyl adjacent to an activating group) is 1. The minimum Gasteiger partial charge on any atom is -0.387 e. The standard InChI is InChI=1S/C14H26N4O2/c1-16(2)10-14(19)4-5-17(11-14)9-13-8-15-12-18(13)6-7-20-3/h8,12,19H,4-7,9-11H2,1-3H3. The molecule has 0 aromatic carbocycles. The molecular weight excluding hydrogens is 256 g/mol. The second kappa shape index (κ2) is 6.67. The molecule has 1 aliphatic rings. The largest absolute Gasteiger partial charge is 0.387 e. The van der Waals surface area contributed by atoms with Gasteiger partial charge in [-0.05, 0) is 20.5 Å². The highest BCUT2D eigenvalue weighted by molar-refractivity contribution is 5.01. The van der Waals surface area contributed by atoms with Gasteiger partial charge in [-0.15, -0.1) is 0 Å². The molecule has 1 unspecified atom stereocenters. The average molecular weight is 282 g/mol. The van der Waals surface area contributed by atoms with E-state index in [9.17, 15) is 5.11 Å². The highest BCUT2D eigenvalue weighted by atomic mass is 16.5. The van der Waals surface area contributed by atoms with Crippen LogP contribution in [0.3, 0.4) is 0 Å². The van der Waals surface area contributed by atoms with Crippen LogP contribution < -0.4 is 0 Å². The number of aliphatic hydroxyl groups is 1. The Morgan fingerprint density at radius 3 is 3.00 bits per heavy atom. The molecule has 0 bridgehead atoms. The van der Waals surface area contributed by atoms with E-state index in [1.54, 1.807) is 7.11 Å². The average Bonchev–Trinajstić information content (AvgIpc) is 2.94. The quantitative estimate of drug-likeness (QED) is 0.764. The number of hydrogen-bond donors (Lipinski definition) is 1. The Hall–Kier alpha value is -0.950. The summed E-state index contributed by atoms with van der Waals surface area (Å²) in [6.45, 7) is 4.71. The van der Waals surface area contributed by atoms with Crippen LogP contribution in [0.1, 0.15) is 12.1 Å². The molecule has 1 atom stereocenters. The Kier molecular flexibility index (Phi) is 5.15. The van der Waals surface area contributed by atoms with E-state index in [-0.39, 0.29) is 0 Å². The third-order valence-corrected chi connectivity index (χ3v) is 3.74. The van der Waals surface area contributed by atoms with E-state index in [4.69, 9.17) is 4.74 Å². The maximum absolute atomic E-state index is 10.5. The molecule has 2 heterocycles. The van der Waals surface area contributed by atoms with Crippen molar-refractivity contribution in [2.45, 2.75) is 25.1 Å². The molecular formula is C14H26N4O2. The van der Waals surface area contributed by atoms with Gasteiger partial charge in [-0.2, -0.15) is 0 Å². The van der Waals surface area contributed by atoms with E-state index in [1.165, 1.54) is 5.69 Å². The first kappa shape index (κ1) is 15.4. The van der Waals surface area contributed by atoms with Gasteiger partial charge in [-0.3, -0.25) is 4.90 Å². The van der Waals surface area contributed by atoms with Crippen LogP contribution in [0.5, 0.6) is 0 Å². The number of β-amino-alcohol motifs (C(OH)–C–C–N with tert-alkyl or cyclic N) is 1. The first-order valence-corrected chi connectivity index (χ1v) is 7.10. The van der Waals surface area contributed by atoms with Gasteiger partial charge in [-0.1, -0.05) is 0 Å². The molecule has 2 rings (SSSR count). The van der Waals surface area contributed by atoms with Crippen LogP contribution in [0.4, 0.5) is 0 Å². The van der Waals surface area contributed by atoms with Crippen molar-refractivity contribution < 1.29 is 9.84 Å². The zero-order valence-electron chi connectivity index (χ0n) is 12.7. The zero-order chi connectivity index (χ0) is 14.6. The number of methoxy groups -OCH3 is 1. The second-order valence-corrected chi connectivity index (χ2v) is 5.99. The smallest absolute Gasteiger partial charge is 0.0949 e. The first-order chi connectivity index (χ1) is 9.52. The van der Waals surface area contributed by atoms with Crippen LogP contribution in [0.15, 0.2) is 12.5 Å². The molecule has 1 fully saturated rings. The van der Waals surface area contributed by atoms with Crippen LogP contribution >= 0.6 is 0 Å². The molecule has 0 radical (unpaired) electrons. The van der Waals surface area contributed by atoms with E-state index < -0.39 is 5.60 Å². The van der Waals surface area contributed by atoms with E-state index >= 15 is 0 Å². The van der Waals surface area contributed by atoms with Gasteiger partial charge in [0, 0.05) is 46.0 Å². The van der Waals surface area contributed by atoms with Crippen molar-refractivity contribution in [1.29, 1.82) is 0 Å². The molecule has 0 amide bonds. The maximum atomic E-state index is 10.5. The zero-order valence-corrected chi connectivity index (χ0v) is 12.7. The minimum atomic E-state index is -0.582. The Morgan fingerprint density at radius 1 is 1.50 bits per heavy atom. The van der Waals surface area contributed by atoms with Gasteiger partial charge >= 0.3 is 0 Å². The fourth-order valence-electron chi connectivity index (χ4n) is 2.89. The molecule has 0 saturated carbocycles. The predicted octanol–water partition coefficient (Wildman–Crippen LogP) is 0.0279. The number of likely N-dealkylation sites (tertiary alicyclic amines) is 1. The lowest BCUT2D eigenvalue weighted by molar-refractivity contribution is 0.0238. The Morgan fingerprint density at radius 2 is 2.30 bits per heavy atom. The summed E-state index contributed by atoms with van der Waals surface area (Å²) in [5, 5.41) is 10.5. The molecule has 1 aliphatic heterocycles. The van der Waals surface area contributed by atoms with Crippen LogP contribution in [0.2, 0.25) is 0 Å². The van der Waals surface area contributed by atoms with Crippen LogP contribution in [0.25, 0.3) is 0 Å². The number of rotatable bonds is 7. The lowest BCUT2D eigenvalue weighted by atomic mass is 10.0. The topological polar surface area (TPSA) is 53.8 Å². The lowest BCUT2D eigenvalue weighted by Crippen LogP contribution is -2.42. The molecule has 20 heavy (non-hydrogen) atoms. The summed E-state index contributed by atoms with van der Waals surface area (Å²) in [6, 6.07) is 0. The summed E-state index contributed by atoms with van der Waals surface area (Å²) < 4.78 is 7.23. The van der Waals surface area contributed by atoms with Gasteiger partial charge in [0.2, 0.25) is 0 Å². The van der Waals surface area contributed by atoms with Gasteiger partial charge in [0.1, 0.15) is 0 Å². The summed E-state index contributed by atoms with van der Waals surface area (Å²) in [7, 11) is 5.71. The van der Waals surface area contributed by atoms with Crippen LogP contribution in [-0.4, -0.2) is 77.5 Å². The molecule has 1 aromatic heterocycles.